The molecule has 5 N–H and O–H groups in total. The Balaban J connectivity index is 0.000000270. The third-order valence-electron chi connectivity index (χ3n) is 6.32. The normalized spacial score (nSPS) is 10.4. The molecule has 0 aliphatic rings. The first-order valence-corrected chi connectivity index (χ1v) is 13.7. The molecule has 8 heteroatoms. The number of halogens is 1. The van der Waals surface area contributed by atoms with Gasteiger partial charge in [-0.05, 0) is 94.7 Å². The maximum Gasteiger partial charge on any atom is 0.256 e. The van der Waals surface area contributed by atoms with Gasteiger partial charge in [-0.25, -0.2) is 0 Å². The van der Waals surface area contributed by atoms with Crippen LogP contribution in [0.1, 0.15) is 42.2 Å². The second-order valence-corrected chi connectivity index (χ2v) is 10.5. The molecule has 1 aromatic heterocycles. The fourth-order valence-corrected chi connectivity index (χ4v) is 5.18. The first kappa shape index (κ1) is 27.8. The van der Waals surface area contributed by atoms with E-state index in [4.69, 9.17) is 11.5 Å². The van der Waals surface area contributed by atoms with Crippen molar-refractivity contribution >= 4 is 61.4 Å². The Hall–Kier alpha value is -4.27. The minimum absolute atomic E-state index is 0.115. The van der Waals surface area contributed by atoms with E-state index < -0.39 is 5.91 Å². The van der Waals surface area contributed by atoms with Gasteiger partial charge in [0.1, 0.15) is 0 Å². The van der Waals surface area contributed by atoms with Crippen molar-refractivity contribution in [3.8, 4) is 11.1 Å². The van der Waals surface area contributed by atoms with E-state index in [1.165, 1.54) is 11.3 Å². The molecule has 5 rings (SSSR count). The first-order valence-electron chi connectivity index (χ1n) is 12.0. The molecule has 0 saturated carbocycles. The van der Waals surface area contributed by atoms with Crippen LogP contribution in [0.3, 0.4) is 0 Å². The smallest absolute Gasteiger partial charge is 0.256 e. The van der Waals surface area contributed by atoms with Crippen LogP contribution in [0.15, 0.2) is 94.1 Å². The first-order chi connectivity index (χ1) is 18.7. The number of carbonyl (C=O) groups excluding carboxylic acids is 3. The zero-order chi connectivity index (χ0) is 28.1. The van der Waals surface area contributed by atoms with Crippen LogP contribution >= 0.6 is 27.3 Å². The highest BCUT2D eigenvalue weighted by atomic mass is 79.9. The minimum Gasteiger partial charge on any atom is -0.366 e. The number of fused-ring (bicyclic) bond motifs is 1. The van der Waals surface area contributed by atoms with E-state index in [1.54, 1.807) is 24.3 Å². The van der Waals surface area contributed by atoms with Crippen molar-refractivity contribution in [2.24, 2.45) is 11.5 Å². The number of anilines is 1. The third-order valence-corrected chi connectivity index (χ3v) is 7.87. The number of nitrogens with two attached hydrogens (primary N) is 2. The van der Waals surface area contributed by atoms with Crippen molar-refractivity contribution in [3.05, 3.63) is 122 Å². The summed E-state index contributed by atoms with van der Waals surface area (Å²) in [5.74, 6) is -0.925. The summed E-state index contributed by atoms with van der Waals surface area (Å²) >= 11 is 4.80. The van der Waals surface area contributed by atoms with Gasteiger partial charge in [-0.1, -0.05) is 52.3 Å². The molecule has 4 aromatic carbocycles. The van der Waals surface area contributed by atoms with Crippen LogP contribution < -0.4 is 16.8 Å². The fraction of sp³-hybridized carbons (Fsp3) is 0.0645. The summed E-state index contributed by atoms with van der Waals surface area (Å²) in [6.07, 6.45) is 0. The van der Waals surface area contributed by atoms with Crippen LogP contribution in [-0.4, -0.2) is 17.7 Å². The molecule has 3 amide bonds. The lowest BCUT2D eigenvalue weighted by atomic mass is 9.94. The maximum absolute atomic E-state index is 12.2. The summed E-state index contributed by atoms with van der Waals surface area (Å²) in [5.41, 5.74) is 16.9. The van der Waals surface area contributed by atoms with Gasteiger partial charge >= 0.3 is 0 Å². The van der Waals surface area contributed by atoms with Gasteiger partial charge in [0.2, 0.25) is 11.8 Å². The number of hydrogen-bond donors (Lipinski definition) is 3. The van der Waals surface area contributed by atoms with Crippen molar-refractivity contribution in [3.63, 3.8) is 0 Å². The Morgan fingerprint density at radius 2 is 1.41 bits per heavy atom. The summed E-state index contributed by atoms with van der Waals surface area (Å²) in [6, 6.07) is 24.7. The molecule has 1 heterocycles. The van der Waals surface area contributed by atoms with E-state index in [0.717, 1.165) is 43.2 Å². The van der Waals surface area contributed by atoms with Crippen molar-refractivity contribution in [2.75, 3.05) is 5.32 Å². The second kappa shape index (κ2) is 12.1. The molecule has 0 spiro atoms. The van der Waals surface area contributed by atoms with Gasteiger partial charge in [-0.3, -0.25) is 14.4 Å². The molecule has 0 unspecified atom stereocenters. The lowest BCUT2D eigenvalue weighted by Crippen LogP contribution is -2.12. The molecular formula is C31H26BrN3O3S. The van der Waals surface area contributed by atoms with E-state index >= 15 is 0 Å². The zero-order valence-electron chi connectivity index (χ0n) is 21.3. The molecule has 6 nitrogen and oxygen atoms in total. The predicted molar refractivity (Wildman–Crippen MR) is 162 cm³/mol. The van der Waals surface area contributed by atoms with Crippen LogP contribution in [0.4, 0.5) is 5.69 Å². The summed E-state index contributed by atoms with van der Waals surface area (Å²) < 4.78 is 0.911. The Labute approximate surface area is 238 Å². The molecule has 39 heavy (non-hydrogen) atoms. The maximum atomic E-state index is 12.2. The van der Waals surface area contributed by atoms with Gasteiger partial charge in [0.25, 0.3) is 5.91 Å². The van der Waals surface area contributed by atoms with Gasteiger partial charge in [0, 0.05) is 26.7 Å². The molecule has 5 aromatic rings. The van der Waals surface area contributed by atoms with Gasteiger partial charge in [-0.15, -0.1) is 0 Å². The standard InChI is InChI=1S/C23H18N2O2S.C8H8BrNO/c1-14-20(3-2-4-21(14)22(24)26)17-6-5-16-12-19(8-7-15(16)11-17)25-23(27)18-9-10-28-13-18;1-5-6(8(10)11)3-2-4-7(5)9/h2-13H,1H3,(H2,24,26)(H,25,27);2-4H,1H3,(H2,10,11). The molecule has 0 fully saturated rings. The van der Waals surface area contributed by atoms with Crippen LogP contribution in [-0.2, 0) is 0 Å². The van der Waals surface area contributed by atoms with Gasteiger partial charge < -0.3 is 16.8 Å². The van der Waals surface area contributed by atoms with Crippen molar-refractivity contribution in [2.45, 2.75) is 13.8 Å². The summed E-state index contributed by atoms with van der Waals surface area (Å²) in [5, 5.41) is 8.71. The highest BCUT2D eigenvalue weighted by Gasteiger charge is 2.11. The second-order valence-electron chi connectivity index (χ2n) is 8.86. The number of carbonyl (C=O) groups is 3. The number of nitrogens with one attached hydrogen (secondary N) is 1. The Bertz CT molecular complexity index is 1700. The van der Waals surface area contributed by atoms with Gasteiger partial charge in [0.05, 0.1) is 5.56 Å². The topological polar surface area (TPSA) is 115 Å². The predicted octanol–water partition coefficient (Wildman–Crippen LogP) is 7.08. The Kier molecular flexibility index (Phi) is 8.59. The summed E-state index contributed by atoms with van der Waals surface area (Å²) in [7, 11) is 0. The van der Waals surface area contributed by atoms with E-state index in [9.17, 15) is 14.4 Å². The summed E-state index contributed by atoms with van der Waals surface area (Å²) in [4.78, 5) is 34.6. The van der Waals surface area contributed by atoms with E-state index in [2.05, 4.69) is 27.3 Å². The molecule has 0 aliphatic heterocycles. The molecule has 0 radical (unpaired) electrons. The number of thiophene rings is 1. The average molecular weight is 601 g/mol. The summed E-state index contributed by atoms with van der Waals surface area (Å²) in [6.45, 7) is 3.76. The van der Waals surface area contributed by atoms with Crippen molar-refractivity contribution in [1.82, 2.24) is 0 Å². The lowest BCUT2D eigenvalue weighted by Gasteiger charge is -2.11. The highest BCUT2D eigenvalue weighted by molar-refractivity contribution is 9.10. The van der Waals surface area contributed by atoms with E-state index in [-0.39, 0.29) is 11.8 Å². The monoisotopic (exact) mass is 599 g/mol. The minimum atomic E-state index is -0.425. The lowest BCUT2D eigenvalue weighted by molar-refractivity contribution is 0.0991. The van der Waals surface area contributed by atoms with Crippen LogP contribution in [0.25, 0.3) is 21.9 Å². The number of rotatable bonds is 5. The third kappa shape index (κ3) is 6.42. The van der Waals surface area contributed by atoms with Gasteiger partial charge in [-0.2, -0.15) is 11.3 Å². The molecule has 0 bridgehead atoms. The number of hydrogen-bond acceptors (Lipinski definition) is 4. The Morgan fingerprint density at radius 3 is 2.05 bits per heavy atom. The van der Waals surface area contributed by atoms with Crippen molar-refractivity contribution < 1.29 is 14.4 Å². The number of amides is 3. The zero-order valence-corrected chi connectivity index (χ0v) is 23.7. The van der Waals surface area contributed by atoms with E-state index in [1.807, 2.05) is 73.1 Å². The average Bonchev–Trinajstić information content (AvgIpc) is 3.46. The van der Waals surface area contributed by atoms with Crippen molar-refractivity contribution in [1.29, 1.82) is 0 Å². The quantitative estimate of drug-likeness (QED) is 0.200. The SMILES string of the molecule is Cc1c(Br)cccc1C(N)=O.Cc1c(C(N)=O)cccc1-c1ccc2cc(NC(=O)c3ccsc3)ccc2c1. The highest BCUT2D eigenvalue weighted by Crippen LogP contribution is 2.30. The van der Waals surface area contributed by atoms with E-state index in [0.29, 0.717) is 16.7 Å². The number of benzene rings is 4. The Morgan fingerprint density at radius 1 is 0.769 bits per heavy atom. The van der Waals surface area contributed by atoms with Crippen LogP contribution in [0.5, 0.6) is 0 Å². The van der Waals surface area contributed by atoms with Crippen LogP contribution in [0, 0.1) is 13.8 Å². The molecule has 196 valence electrons. The fourth-order valence-electron chi connectivity index (χ4n) is 4.18. The van der Waals surface area contributed by atoms with Crippen LogP contribution in [0.2, 0.25) is 0 Å². The van der Waals surface area contributed by atoms with Gasteiger partial charge in [0.15, 0.2) is 0 Å². The molecular weight excluding hydrogens is 574 g/mol. The molecule has 0 atom stereocenters. The molecule has 0 saturated heterocycles. The largest absolute Gasteiger partial charge is 0.366 e. The number of primary amides is 2. The molecule has 0 aliphatic carbocycles.